The number of piperazine rings is 1. The van der Waals surface area contributed by atoms with Crippen molar-refractivity contribution in [1.29, 1.82) is 0 Å². The number of benzene rings is 2. The summed E-state index contributed by atoms with van der Waals surface area (Å²) in [5.41, 5.74) is 2.36. The molecule has 0 amide bonds. The number of ether oxygens (including phenoxy) is 1. The second-order valence-corrected chi connectivity index (χ2v) is 6.69. The van der Waals surface area contributed by atoms with Crippen molar-refractivity contribution < 1.29 is 9.53 Å². The summed E-state index contributed by atoms with van der Waals surface area (Å²) in [6.45, 7) is 4.70. The lowest BCUT2D eigenvalue weighted by atomic mass is 10.1. The molecule has 7 heteroatoms. The summed E-state index contributed by atoms with van der Waals surface area (Å²) < 4.78 is 6.67. The zero-order valence-electron chi connectivity index (χ0n) is 15.8. The Balaban J connectivity index is 1.67. The minimum absolute atomic E-state index is 0.353. The molecule has 0 aliphatic carbocycles. The molecule has 0 radical (unpaired) electrons. The molecule has 2 aromatic carbocycles. The fourth-order valence-corrected chi connectivity index (χ4v) is 3.29. The first-order valence-corrected chi connectivity index (χ1v) is 9.38. The Morgan fingerprint density at radius 2 is 1.79 bits per heavy atom. The van der Waals surface area contributed by atoms with Gasteiger partial charge in [-0.25, -0.2) is 14.5 Å². The largest absolute Gasteiger partial charge is 0.465 e. The fourth-order valence-electron chi connectivity index (χ4n) is 3.29. The average Bonchev–Trinajstić information content (AvgIpc) is 3.18. The van der Waals surface area contributed by atoms with Gasteiger partial charge in [0.2, 0.25) is 0 Å². The number of para-hydroxylation sites is 1. The van der Waals surface area contributed by atoms with Crippen LogP contribution in [0.3, 0.4) is 0 Å². The van der Waals surface area contributed by atoms with E-state index in [-0.39, 0.29) is 5.97 Å². The number of carbonyl (C=O) groups excluding carboxylic acids is 1. The molecule has 1 aliphatic heterocycles. The van der Waals surface area contributed by atoms with E-state index in [1.807, 2.05) is 47.1 Å². The zero-order valence-corrected chi connectivity index (χ0v) is 15.8. The molecular formula is C21H23N5O2. The van der Waals surface area contributed by atoms with E-state index in [0.29, 0.717) is 11.4 Å². The van der Waals surface area contributed by atoms with Gasteiger partial charge in [0.15, 0.2) is 5.82 Å². The Hall–Kier alpha value is -3.03. The normalized spacial score (nSPS) is 14.8. The number of nitrogens with zero attached hydrogens (tertiary/aromatic N) is 4. The number of carbonyl (C=O) groups is 1. The molecule has 2 heterocycles. The van der Waals surface area contributed by atoms with Gasteiger partial charge < -0.3 is 10.1 Å². The van der Waals surface area contributed by atoms with Gasteiger partial charge in [0.05, 0.1) is 24.9 Å². The second-order valence-electron chi connectivity index (χ2n) is 6.69. The number of esters is 1. The van der Waals surface area contributed by atoms with E-state index in [1.165, 1.54) is 7.11 Å². The molecule has 7 nitrogen and oxygen atoms in total. The molecule has 0 unspecified atom stereocenters. The monoisotopic (exact) mass is 377 g/mol. The first-order chi connectivity index (χ1) is 13.7. The summed E-state index contributed by atoms with van der Waals surface area (Å²) in [7, 11) is 1.38. The molecule has 1 aliphatic rings. The lowest BCUT2D eigenvalue weighted by Crippen LogP contribution is -2.43. The van der Waals surface area contributed by atoms with Crippen molar-refractivity contribution in [3.8, 4) is 17.1 Å². The van der Waals surface area contributed by atoms with Crippen LogP contribution in [0.2, 0.25) is 0 Å². The van der Waals surface area contributed by atoms with Crippen LogP contribution in [0.5, 0.6) is 0 Å². The van der Waals surface area contributed by atoms with Crippen LogP contribution < -0.4 is 5.32 Å². The lowest BCUT2D eigenvalue weighted by molar-refractivity contribution is 0.0601. The van der Waals surface area contributed by atoms with E-state index in [1.54, 1.807) is 12.1 Å². The van der Waals surface area contributed by atoms with Crippen molar-refractivity contribution in [3.63, 3.8) is 0 Å². The third kappa shape index (κ3) is 3.95. The molecule has 1 N–H and O–H groups in total. The third-order valence-electron chi connectivity index (χ3n) is 4.81. The molecule has 0 spiro atoms. The molecule has 144 valence electrons. The van der Waals surface area contributed by atoms with Gasteiger partial charge >= 0.3 is 5.97 Å². The quantitative estimate of drug-likeness (QED) is 0.687. The van der Waals surface area contributed by atoms with Crippen molar-refractivity contribution in [2.24, 2.45) is 0 Å². The Kier molecular flexibility index (Phi) is 5.45. The number of aromatic nitrogens is 3. The predicted octanol–water partition coefficient (Wildman–Crippen LogP) is 2.13. The molecule has 3 aromatic rings. The second kappa shape index (κ2) is 8.33. The van der Waals surface area contributed by atoms with Gasteiger partial charge in [0, 0.05) is 31.7 Å². The summed E-state index contributed by atoms with van der Waals surface area (Å²) in [6.07, 6.45) is 0. The molecule has 1 saturated heterocycles. The maximum Gasteiger partial charge on any atom is 0.337 e. The van der Waals surface area contributed by atoms with Crippen molar-refractivity contribution in [1.82, 2.24) is 25.0 Å². The summed E-state index contributed by atoms with van der Waals surface area (Å²) in [6, 6.07) is 17.2. The SMILES string of the molecule is COC(=O)c1ccc(-c2nc(CN3CCNCC3)n(-c3ccccc3)n2)cc1. The van der Waals surface area contributed by atoms with Crippen molar-refractivity contribution >= 4 is 5.97 Å². The summed E-state index contributed by atoms with van der Waals surface area (Å²) >= 11 is 0. The van der Waals surface area contributed by atoms with E-state index >= 15 is 0 Å². The molecule has 4 rings (SSSR count). The maximum absolute atomic E-state index is 11.7. The highest BCUT2D eigenvalue weighted by atomic mass is 16.5. The van der Waals surface area contributed by atoms with E-state index in [2.05, 4.69) is 10.2 Å². The van der Waals surface area contributed by atoms with Crippen molar-refractivity contribution in [2.45, 2.75) is 6.54 Å². The minimum Gasteiger partial charge on any atom is -0.465 e. The molecule has 0 bridgehead atoms. The van der Waals surface area contributed by atoms with Gasteiger partial charge in [-0.1, -0.05) is 30.3 Å². The standard InChI is InChI=1S/C21H23N5O2/c1-28-21(27)17-9-7-16(8-10-17)20-23-19(15-25-13-11-22-12-14-25)26(24-20)18-5-3-2-4-6-18/h2-10,22H,11-15H2,1H3. The van der Waals surface area contributed by atoms with Crippen LogP contribution in [0.25, 0.3) is 17.1 Å². The van der Waals surface area contributed by atoms with Gasteiger partial charge in [-0.15, -0.1) is 5.10 Å². The van der Waals surface area contributed by atoms with Crippen molar-refractivity contribution in [3.05, 3.63) is 66.0 Å². The first-order valence-electron chi connectivity index (χ1n) is 9.38. The minimum atomic E-state index is -0.353. The maximum atomic E-state index is 11.7. The van der Waals surface area contributed by atoms with E-state index < -0.39 is 0 Å². The summed E-state index contributed by atoms with van der Waals surface area (Å²) in [5.74, 6) is 1.19. The number of hydrogen-bond donors (Lipinski definition) is 1. The number of nitrogens with one attached hydrogen (secondary N) is 1. The molecule has 28 heavy (non-hydrogen) atoms. The van der Waals surface area contributed by atoms with Gasteiger partial charge in [-0.05, 0) is 24.3 Å². The zero-order chi connectivity index (χ0) is 19.3. The van der Waals surface area contributed by atoms with Gasteiger partial charge in [-0.3, -0.25) is 4.90 Å². The van der Waals surface area contributed by atoms with Crippen LogP contribution in [0.15, 0.2) is 54.6 Å². The molecule has 1 fully saturated rings. The number of hydrogen-bond acceptors (Lipinski definition) is 6. The first kappa shape index (κ1) is 18.3. The molecule has 0 atom stereocenters. The summed E-state index contributed by atoms with van der Waals surface area (Å²) in [5, 5.41) is 8.13. The predicted molar refractivity (Wildman–Crippen MR) is 106 cm³/mol. The Bertz CT molecular complexity index is 931. The Morgan fingerprint density at radius 3 is 2.46 bits per heavy atom. The lowest BCUT2D eigenvalue weighted by Gasteiger charge is -2.26. The number of methoxy groups -OCH3 is 1. The Morgan fingerprint density at radius 1 is 1.07 bits per heavy atom. The fraction of sp³-hybridized carbons (Fsp3) is 0.286. The molecule has 1 aromatic heterocycles. The summed E-state index contributed by atoms with van der Waals surface area (Å²) in [4.78, 5) is 18.9. The van der Waals surface area contributed by atoms with Gasteiger partial charge in [0.25, 0.3) is 0 Å². The molecule has 0 saturated carbocycles. The van der Waals surface area contributed by atoms with Crippen LogP contribution in [-0.2, 0) is 11.3 Å². The highest BCUT2D eigenvalue weighted by Gasteiger charge is 2.18. The van der Waals surface area contributed by atoms with E-state index in [4.69, 9.17) is 14.8 Å². The average molecular weight is 377 g/mol. The van der Waals surface area contributed by atoms with Crippen LogP contribution in [0.1, 0.15) is 16.2 Å². The van der Waals surface area contributed by atoms with Crippen LogP contribution >= 0.6 is 0 Å². The van der Waals surface area contributed by atoms with Crippen LogP contribution in [0, 0.1) is 0 Å². The highest BCUT2D eigenvalue weighted by molar-refractivity contribution is 5.89. The topological polar surface area (TPSA) is 72.3 Å². The number of rotatable bonds is 5. The highest BCUT2D eigenvalue weighted by Crippen LogP contribution is 2.20. The van der Waals surface area contributed by atoms with E-state index in [9.17, 15) is 4.79 Å². The van der Waals surface area contributed by atoms with Gasteiger partial charge in [0.1, 0.15) is 5.82 Å². The van der Waals surface area contributed by atoms with Gasteiger partial charge in [-0.2, -0.15) is 0 Å². The van der Waals surface area contributed by atoms with E-state index in [0.717, 1.165) is 49.8 Å². The Labute approximate surface area is 164 Å². The smallest absolute Gasteiger partial charge is 0.337 e. The third-order valence-corrected chi connectivity index (χ3v) is 4.81. The van der Waals surface area contributed by atoms with Crippen LogP contribution in [-0.4, -0.2) is 58.9 Å². The van der Waals surface area contributed by atoms with Crippen LogP contribution in [0.4, 0.5) is 0 Å². The molecular weight excluding hydrogens is 354 g/mol. The van der Waals surface area contributed by atoms with Crippen molar-refractivity contribution in [2.75, 3.05) is 33.3 Å².